The van der Waals surface area contributed by atoms with Crippen molar-refractivity contribution < 1.29 is 18.4 Å². The summed E-state index contributed by atoms with van der Waals surface area (Å²) in [4.78, 5) is 17.2. The van der Waals surface area contributed by atoms with Crippen LogP contribution >= 0.6 is 11.6 Å². The van der Waals surface area contributed by atoms with Crippen LogP contribution in [0.3, 0.4) is 0 Å². The molecule has 174 valence electrons. The Morgan fingerprint density at radius 2 is 1.79 bits per heavy atom. The highest BCUT2D eigenvalue weighted by Crippen LogP contribution is 2.23. The van der Waals surface area contributed by atoms with E-state index in [1.165, 1.54) is 12.1 Å². The standard InChI is InChI=1S/C25H27ClFN3O3/c1-16-10-17(2)12-21(11-16)32-15-22-18(3)33-28-24(22)25(31)30-8-6-29(7-9-30)14-19-4-5-20(27)13-23(19)26/h4-5,10-13H,6-9,14-15H2,1-3H3. The minimum Gasteiger partial charge on any atom is -0.489 e. The zero-order valence-corrected chi connectivity index (χ0v) is 19.8. The van der Waals surface area contributed by atoms with Crippen molar-refractivity contribution in [2.75, 3.05) is 26.2 Å². The third-order valence-electron chi connectivity index (χ3n) is 5.83. The molecule has 0 unspecified atom stereocenters. The molecule has 2 heterocycles. The number of nitrogens with zero attached hydrogens (tertiary/aromatic N) is 3. The van der Waals surface area contributed by atoms with Crippen molar-refractivity contribution in [2.24, 2.45) is 0 Å². The van der Waals surface area contributed by atoms with Gasteiger partial charge >= 0.3 is 0 Å². The molecule has 6 nitrogen and oxygen atoms in total. The summed E-state index contributed by atoms with van der Waals surface area (Å²) in [6.07, 6.45) is 0. The topological polar surface area (TPSA) is 58.8 Å². The van der Waals surface area contributed by atoms with Gasteiger partial charge in [0.25, 0.3) is 5.91 Å². The van der Waals surface area contributed by atoms with Crippen LogP contribution < -0.4 is 4.74 Å². The molecule has 33 heavy (non-hydrogen) atoms. The highest BCUT2D eigenvalue weighted by molar-refractivity contribution is 6.31. The lowest BCUT2D eigenvalue weighted by Gasteiger charge is -2.34. The number of aryl methyl sites for hydroxylation is 3. The van der Waals surface area contributed by atoms with Gasteiger partial charge in [0.15, 0.2) is 5.69 Å². The quantitative estimate of drug-likeness (QED) is 0.510. The van der Waals surface area contributed by atoms with E-state index in [1.807, 2.05) is 26.0 Å². The average molecular weight is 472 g/mol. The number of hydrogen-bond acceptors (Lipinski definition) is 5. The molecule has 3 aromatic rings. The number of benzene rings is 2. The molecule has 0 N–H and O–H groups in total. The molecule has 1 amide bonds. The first kappa shape index (κ1) is 23.3. The van der Waals surface area contributed by atoms with Gasteiger partial charge in [0.1, 0.15) is 23.9 Å². The third kappa shape index (κ3) is 5.54. The van der Waals surface area contributed by atoms with Crippen LogP contribution in [0.4, 0.5) is 4.39 Å². The molecule has 0 saturated carbocycles. The van der Waals surface area contributed by atoms with Crippen molar-refractivity contribution in [3.8, 4) is 5.75 Å². The summed E-state index contributed by atoms with van der Waals surface area (Å²) in [6, 6.07) is 10.4. The van der Waals surface area contributed by atoms with Crippen LogP contribution in [0.25, 0.3) is 0 Å². The van der Waals surface area contributed by atoms with Crippen molar-refractivity contribution in [2.45, 2.75) is 33.9 Å². The van der Waals surface area contributed by atoms with Crippen molar-refractivity contribution >= 4 is 17.5 Å². The maximum atomic E-state index is 13.3. The first-order chi connectivity index (χ1) is 15.8. The Hall–Kier alpha value is -2.90. The predicted molar refractivity (Wildman–Crippen MR) is 124 cm³/mol. The lowest BCUT2D eigenvalue weighted by molar-refractivity contribution is 0.0616. The number of aromatic nitrogens is 1. The zero-order valence-electron chi connectivity index (χ0n) is 19.0. The van der Waals surface area contributed by atoms with E-state index >= 15 is 0 Å². The first-order valence-electron chi connectivity index (χ1n) is 10.9. The van der Waals surface area contributed by atoms with Crippen molar-refractivity contribution in [3.63, 3.8) is 0 Å². The van der Waals surface area contributed by atoms with Crippen LogP contribution in [-0.4, -0.2) is 47.0 Å². The Balaban J connectivity index is 1.38. The van der Waals surface area contributed by atoms with E-state index in [2.05, 4.69) is 16.1 Å². The molecule has 1 aliphatic heterocycles. The number of hydrogen-bond donors (Lipinski definition) is 0. The summed E-state index contributed by atoms with van der Waals surface area (Å²) in [6.45, 7) is 9.12. The molecular weight excluding hydrogens is 445 g/mol. The van der Waals surface area contributed by atoms with Gasteiger partial charge in [-0.25, -0.2) is 4.39 Å². The maximum absolute atomic E-state index is 13.3. The third-order valence-corrected chi connectivity index (χ3v) is 6.19. The van der Waals surface area contributed by atoms with Crippen molar-refractivity contribution in [1.29, 1.82) is 0 Å². The second-order valence-electron chi connectivity index (χ2n) is 8.48. The van der Waals surface area contributed by atoms with Gasteiger partial charge in [-0.3, -0.25) is 9.69 Å². The molecule has 8 heteroatoms. The minimum absolute atomic E-state index is 0.162. The fourth-order valence-corrected chi connectivity index (χ4v) is 4.28. The largest absolute Gasteiger partial charge is 0.489 e. The Morgan fingerprint density at radius 1 is 1.09 bits per heavy atom. The van der Waals surface area contributed by atoms with Crippen LogP contribution in [0.5, 0.6) is 5.75 Å². The molecule has 1 aromatic heterocycles. The van der Waals surface area contributed by atoms with Gasteiger partial charge in [0.2, 0.25) is 0 Å². The summed E-state index contributed by atoms with van der Waals surface area (Å²) in [5.41, 5.74) is 4.06. The Labute approximate surface area is 197 Å². The van der Waals surface area contributed by atoms with Gasteiger partial charge in [-0.2, -0.15) is 0 Å². The average Bonchev–Trinajstić information content (AvgIpc) is 3.14. The number of ether oxygens (including phenoxy) is 1. The second kappa shape index (κ2) is 9.93. The zero-order chi connectivity index (χ0) is 23.5. The molecule has 0 atom stereocenters. The van der Waals surface area contributed by atoms with Crippen LogP contribution in [0.2, 0.25) is 5.02 Å². The highest BCUT2D eigenvalue weighted by Gasteiger charge is 2.28. The van der Waals surface area contributed by atoms with E-state index in [1.54, 1.807) is 17.9 Å². The van der Waals surface area contributed by atoms with Crippen LogP contribution in [-0.2, 0) is 13.2 Å². The number of piperazine rings is 1. The van der Waals surface area contributed by atoms with Gasteiger partial charge in [-0.15, -0.1) is 0 Å². The lowest BCUT2D eigenvalue weighted by Crippen LogP contribution is -2.48. The molecule has 1 fully saturated rings. The molecule has 0 aliphatic carbocycles. The van der Waals surface area contributed by atoms with Crippen molar-refractivity contribution in [3.05, 3.63) is 80.9 Å². The normalized spacial score (nSPS) is 14.5. The van der Waals surface area contributed by atoms with Gasteiger partial charge in [0, 0.05) is 37.7 Å². The number of amides is 1. The molecule has 1 saturated heterocycles. The molecule has 4 rings (SSSR count). The summed E-state index contributed by atoms with van der Waals surface area (Å²) in [7, 11) is 0. The number of halogens is 2. The molecule has 0 spiro atoms. The monoisotopic (exact) mass is 471 g/mol. The van der Waals surface area contributed by atoms with E-state index in [9.17, 15) is 9.18 Å². The maximum Gasteiger partial charge on any atom is 0.276 e. The van der Waals surface area contributed by atoms with E-state index < -0.39 is 0 Å². The number of carbonyl (C=O) groups excluding carboxylic acids is 1. The van der Waals surface area contributed by atoms with Crippen LogP contribution in [0, 0.1) is 26.6 Å². The fourth-order valence-electron chi connectivity index (χ4n) is 4.05. The Kier molecular flexibility index (Phi) is 7.00. The SMILES string of the molecule is Cc1cc(C)cc(OCc2c(C(=O)N3CCN(Cc4ccc(F)cc4Cl)CC3)noc2C)c1. The summed E-state index contributed by atoms with van der Waals surface area (Å²) < 4.78 is 24.6. The molecule has 2 aromatic carbocycles. The number of rotatable bonds is 6. The van der Waals surface area contributed by atoms with Crippen molar-refractivity contribution in [1.82, 2.24) is 15.0 Å². The minimum atomic E-state index is -0.348. The molecule has 0 radical (unpaired) electrons. The van der Waals surface area contributed by atoms with E-state index in [-0.39, 0.29) is 18.3 Å². The molecular formula is C25H27ClFN3O3. The van der Waals surface area contributed by atoms with Gasteiger partial charge in [-0.1, -0.05) is 28.9 Å². The Bertz CT molecular complexity index is 1140. The van der Waals surface area contributed by atoms with Crippen LogP contribution in [0.1, 0.15) is 38.5 Å². The summed E-state index contributed by atoms with van der Waals surface area (Å²) in [5.74, 6) is 0.816. The van der Waals surface area contributed by atoms with E-state index in [4.69, 9.17) is 20.9 Å². The molecule has 1 aliphatic rings. The summed E-state index contributed by atoms with van der Waals surface area (Å²) in [5, 5.41) is 4.45. The predicted octanol–water partition coefficient (Wildman–Crippen LogP) is 4.93. The summed E-state index contributed by atoms with van der Waals surface area (Å²) >= 11 is 6.16. The Morgan fingerprint density at radius 3 is 2.45 bits per heavy atom. The van der Waals surface area contributed by atoms with E-state index in [0.717, 1.165) is 22.4 Å². The first-order valence-corrected chi connectivity index (χ1v) is 11.3. The van der Waals surface area contributed by atoms with E-state index in [0.29, 0.717) is 54.8 Å². The fraction of sp³-hybridized carbons (Fsp3) is 0.360. The number of carbonyl (C=O) groups is 1. The molecule has 0 bridgehead atoms. The van der Waals surface area contributed by atoms with Gasteiger partial charge < -0.3 is 14.2 Å². The highest BCUT2D eigenvalue weighted by atomic mass is 35.5. The van der Waals surface area contributed by atoms with Crippen LogP contribution in [0.15, 0.2) is 40.9 Å². The lowest BCUT2D eigenvalue weighted by atomic mass is 10.1. The van der Waals surface area contributed by atoms with Gasteiger partial charge in [0.05, 0.1) is 5.56 Å². The smallest absolute Gasteiger partial charge is 0.276 e. The second-order valence-corrected chi connectivity index (χ2v) is 8.89. The van der Waals surface area contributed by atoms with Gasteiger partial charge in [-0.05, 0) is 61.7 Å².